The Morgan fingerprint density at radius 3 is 2.29 bits per heavy atom. The molecule has 0 saturated heterocycles. The maximum atomic E-state index is 12.6. The number of carbonyl (C=O) groups is 1. The Hall–Kier alpha value is -1.88. The fourth-order valence-electron chi connectivity index (χ4n) is 2.36. The summed E-state index contributed by atoms with van der Waals surface area (Å²) in [7, 11) is 1.65. The maximum Gasteiger partial charge on any atom is 0.240 e. The highest BCUT2D eigenvalue weighted by Crippen LogP contribution is 2.14. The minimum atomic E-state index is 0. The largest absolute Gasteiger partial charge is 0.383 e. The molecule has 0 heterocycles. The van der Waals surface area contributed by atoms with Gasteiger partial charge in [-0.05, 0) is 24.1 Å². The molecule has 0 atom stereocenters. The van der Waals surface area contributed by atoms with E-state index in [1.54, 1.807) is 7.11 Å². The zero-order valence-corrected chi connectivity index (χ0v) is 14.8. The van der Waals surface area contributed by atoms with Crippen LogP contribution in [0.5, 0.6) is 0 Å². The van der Waals surface area contributed by atoms with Crippen LogP contribution < -0.4 is 10.2 Å². The number of nitrogens with one attached hydrogen (secondary N) is 1. The molecule has 2 rings (SSSR count). The Morgan fingerprint density at radius 2 is 1.67 bits per heavy atom. The van der Waals surface area contributed by atoms with Gasteiger partial charge in [0.25, 0.3) is 0 Å². The predicted molar refractivity (Wildman–Crippen MR) is 101 cm³/mol. The van der Waals surface area contributed by atoms with Gasteiger partial charge in [0.15, 0.2) is 0 Å². The molecular formula is C19H25ClN2O2. The molecule has 0 spiro atoms. The van der Waals surface area contributed by atoms with E-state index in [0.29, 0.717) is 26.2 Å². The number of methoxy groups -OCH3 is 1. The zero-order chi connectivity index (χ0) is 16.3. The third-order valence-electron chi connectivity index (χ3n) is 3.60. The van der Waals surface area contributed by atoms with E-state index in [2.05, 4.69) is 17.4 Å². The van der Waals surface area contributed by atoms with Crippen molar-refractivity contribution in [1.29, 1.82) is 0 Å². The minimum Gasteiger partial charge on any atom is -0.383 e. The van der Waals surface area contributed by atoms with E-state index in [1.807, 2.05) is 53.4 Å². The lowest BCUT2D eigenvalue weighted by atomic mass is 10.1. The normalized spacial score (nSPS) is 10.0. The second-order valence-electron chi connectivity index (χ2n) is 5.29. The van der Waals surface area contributed by atoms with Gasteiger partial charge in [-0.2, -0.15) is 0 Å². The molecule has 1 N–H and O–H groups in total. The van der Waals surface area contributed by atoms with E-state index in [0.717, 1.165) is 12.1 Å². The summed E-state index contributed by atoms with van der Waals surface area (Å²) in [4.78, 5) is 14.4. The van der Waals surface area contributed by atoms with Crippen LogP contribution in [0.3, 0.4) is 0 Å². The van der Waals surface area contributed by atoms with Gasteiger partial charge in [-0.1, -0.05) is 48.5 Å². The fourth-order valence-corrected chi connectivity index (χ4v) is 2.36. The third kappa shape index (κ3) is 6.71. The molecule has 0 saturated carbocycles. The predicted octanol–water partition coefficient (Wildman–Crippen LogP) is 2.92. The molecule has 130 valence electrons. The average Bonchev–Trinajstić information content (AvgIpc) is 2.61. The van der Waals surface area contributed by atoms with Crippen LogP contribution in [0.4, 0.5) is 5.69 Å². The van der Waals surface area contributed by atoms with Crippen molar-refractivity contribution in [2.45, 2.75) is 6.42 Å². The molecule has 2 aromatic carbocycles. The van der Waals surface area contributed by atoms with Crippen molar-refractivity contribution in [1.82, 2.24) is 5.32 Å². The summed E-state index contributed by atoms with van der Waals surface area (Å²) in [5.74, 6) is 0.0724. The number of nitrogens with zero attached hydrogens (tertiary/aromatic N) is 1. The average molecular weight is 349 g/mol. The minimum absolute atomic E-state index is 0. The highest BCUT2D eigenvalue weighted by molar-refractivity contribution is 5.94. The van der Waals surface area contributed by atoms with Gasteiger partial charge >= 0.3 is 0 Å². The van der Waals surface area contributed by atoms with Gasteiger partial charge in [0.2, 0.25) is 5.91 Å². The molecule has 0 bridgehead atoms. The molecular weight excluding hydrogens is 324 g/mol. The van der Waals surface area contributed by atoms with E-state index < -0.39 is 0 Å². The standard InChI is InChI=1S/C19H24N2O2.ClH/c1-23-15-13-20-16-19(22)21(18-10-6-3-7-11-18)14-12-17-8-4-2-5-9-17;/h2-11,20H,12-16H2,1H3;1H. The van der Waals surface area contributed by atoms with Crippen LogP contribution in [-0.4, -0.2) is 39.3 Å². The Morgan fingerprint density at radius 1 is 1.04 bits per heavy atom. The number of benzene rings is 2. The molecule has 0 fully saturated rings. The molecule has 0 aliphatic carbocycles. The van der Waals surface area contributed by atoms with Crippen LogP contribution in [-0.2, 0) is 16.0 Å². The summed E-state index contributed by atoms with van der Waals surface area (Å²) < 4.78 is 4.99. The molecule has 4 nitrogen and oxygen atoms in total. The molecule has 2 aromatic rings. The van der Waals surface area contributed by atoms with Gasteiger partial charge in [-0.3, -0.25) is 4.79 Å². The van der Waals surface area contributed by atoms with Crippen molar-refractivity contribution >= 4 is 24.0 Å². The number of hydrogen-bond donors (Lipinski definition) is 1. The first-order valence-electron chi connectivity index (χ1n) is 7.90. The van der Waals surface area contributed by atoms with Crippen molar-refractivity contribution < 1.29 is 9.53 Å². The summed E-state index contributed by atoms with van der Waals surface area (Å²) in [5.41, 5.74) is 2.16. The van der Waals surface area contributed by atoms with Crippen molar-refractivity contribution in [3.8, 4) is 0 Å². The molecule has 0 radical (unpaired) electrons. The lowest BCUT2D eigenvalue weighted by Gasteiger charge is -2.23. The van der Waals surface area contributed by atoms with Gasteiger partial charge < -0.3 is 15.0 Å². The van der Waals surface area contributed by atoms with Crippen LogP contribution in [0, 0.1) is 0 Å². The van der Waals surface area contributed by atoms with Crippen LogP contribution >= 0.6 is 12.4 Å². The number of hydrogen-bond acceptors (Lipinski definition) is 3. The number of anilines is 1. The quantitative estimate of drug-likeness (QED) is 0.708. The summed E-state index contributed by atoms with van der Waals surface area (Å²) in [6, 6.07) is 20.0. The van der Waals surface area contributed by atoms with Gasteiger partial charge in [0, 0.05) is 25.9 Å². The van der Waals surface area contributed by atoms with E-state index in [4.69, 9.17) is 4.74 Å². The van der Waals surface area contributed by atoms with Gasteiger partial charge in [0.05, 0.1) is 13.2 Å². The molecule has 0 aliphatic rings. The van der Waals surface area contributed by atoms with Gasteiger partial charge in [-0.15, -0.1) is 12.4 Å². The van der Waals surface area contributed by atoms with Gasteiger partial charge in [0.1, 0.15) is 0 Å². The lowest BCUT2D eigenvalue weighted by molar-refractivity contribution is -0.117. The Labute approximate surface area is 150 Å². The second kappa shape index (κ2) is 11.6. The topological polar surface area (TPSA) is 41.6 Å². The monoisotopic (exact) mass is 348 g/mol. The lowest BCUT2D eigenvalue weighted by Crippen LogP contribution is -2.40. The Balaban J connectivity index is 0.00000288. The summed E-state index contributed by atoms with van der Waals surface area (Å²) in [6.07, 6.45) is 0.833. The fraction of sp³-hybridized carbons (Fsp3) is 0.316. The number of halogens is 1. The number of para-hydroxylation sites is 1. The van der Waals surface area contributed by atoms with Crippen molar-refractivity contribution in [2.24, 2.45) is 0 Å². The highest BCUT2D eigenvalue weighted by atomic mass is 35.5. The molecule has 24 heavy (non-hydrogen) atoms. The highest BCUT2D eigenvalue weighted by Gasteiger charge is 2.14. The van der Waals surface area contributed by atoms with E-state index in [1.165, 1.54) is 5.56 Å². The Kier molecular flexibility index (Phi) is 9.77. The second-order valence-corrected chi connectivity index (χ2v) is 5.29. The SMILES string of the molecule is COCCNCC(=O)N(CCc1ccccc1)c1ccccc1.Cl. The first-order valence-corrected chi connectivity index (χ1v) is 7.90. The van der Waals surface area contributed by atoms with Crippen LogP contribution in [0.25, 0.3) is 0 Å². The van der Waals surface area contributed by atoms with Crippen molar-refractivity contribution in [3.05, 3.63) is 66.2 Å². The maximum absolute atomic E-state index is 12.6. The van der Waals surface area contributed by atoms with Crippen LogP contribution in [0.15, 0.2) is 60.7 Å². The molecule has 0 unspecified atom stereocenters. The van der Waals surface area contributed by atoms with E-state index in [9.17, 15) is 4.79 Å². The third-order valence-corrected chi connectivity index (χ3v) is 3.60. The first kappa shape index (κ1) is 20.2. The van der Waals surface area contributed by atoms with Crippen molar-refractivity contribution in [3.63, 3.8) is 0 Å². The number of amides is 1. The first-order chi connectivity index (χ1) is 11.3. The molecule has 1 amide bonds. The summed E-state index contributed by atoms with van der Waals surface area (Å²) >= 11 is 0. The van der Waals surface area contributed by atoms with Gasteiger partial charge in [-0.25, -0.2) is 0 Å². The molecule has 0 aromatic heterocycles. The molecule has 0 aliphatic heterocycles. The summed E-state index contributed by atoms with van der Waals surface area (Å²) in [6.45, 7) is 2.25. The molecule has 5 heteroatoms. The van der Waals surface area contributed by atoms with E-state index in [-0.39, 0.29) is 18.3 Å². The van der Waals surface area contributed by atoms with Crippen molar-refractivity contribution in [2.75, 3.05) is 38.3 Å². The number of ether oxygens (including phenoxy) is 1. The number of rotatable bonds is 9. The Bertz CT molecular complexity index is 578. The van der Waals surface area contributed by atoms with Crippen LogP contribution in [0.1, 0.15) is 5.56 Å². The zero-order valence-electron chi connectivity index (χ0n) is 14.0. The van der Waals surface area contributed by atoms with E-state index >= 15 is 0 Å². The number of carbonyl (C=O) groups excluding carboxylic acids is 1. The van der Waals surface area contributed by atoms with Crippen LogP contribution in [0.2, 0.25) is 0 Å². The summed E-state index contributed by atoms with van der Waals surface area (Å²) in [5, 5.41) is 3.12. The smallest absolute Gasteiger partial charge is 0.240 e.